The van der Waals surface area contributed by atoms with Crippen LogP contribution in [0.3, 0.4) is 0 Å². The van der Waals surface area contributed by atoms with E-state index in [4.69, 9.17) is 9.15 Å². The minimum Gasteiger partial charge on any atom is -0.460 e. The molecule has 232 valence electrons. The maximum absolute atomic E-state index is 6.35. The molecule has 0 radical (unpaired) electrons. The summed E-state index contributed by atoms with van der Waals surface area (Å²) in [5, 5.41) is 6.42. The Bertz CT molecular complexity index is 2400. The fourth-order valence-corrected chi connectivity index (χ4v) is 7.70. The Morgan fingerprint density at radius 2 is 1.44 bits per heavy atom. The van der Waals surface area contributed by atoms with Gasteiger partial charge in [0.05, 0.1) is 6.10 Å². The molecule has 1 heterocycles. The van der Waals surface area contributed by atoms with E-state index in [-0.39, 0.29) is 6.10 Å². The Morgan fingerprint density at radius 1 is 0.708 bits per heavy atom. The molecule has 0 saturated heterocycles. The topological polar surface area (TPSA) is 22.4 Å². The van der Waals surface area contributed by atoms with E-state index in [1.165, 1.54) is 77.0 Å². The second-order valence-corrected chi connectivity index (χ2v) is 13.0. The third kappa shape index (κ3) is 4.84. The molecule has 2 heteroatoms. The molecule has 0 spiro atoms. The molecule has 48 heavy (non-hydrogen) atoms. The highest BCUT2D eigenvalue weighted by Crippen LogP contribution is 2.50. The molecule has 2 atom stereocenters. The fraction of sp³-hybridized carbons (Fsp3) is 0.130. The third-order valence-electron chi connectivity index (χ3n) is 10.1. The van der Waals surface area contributed by atoms with Crippen LogP contribution in [0.5, 0.6) is 0 Å². The average Bonchev–Trinajstić information content (AvgIpc) is 3.65. The quantitative estimate of drug-likeness (QED) is 0.165. The highest BCUT2D eigenvalue weighted by Gasteiger charge is 2.23. The highest BCUT2D eigenvalue weighted by molar-refractivity contribution is 6.20. The van der Waals surface area contributed by atoms with E-state index in [1.807, 2.05) is 6.92 Å². The minimum atomic E-state index is 0.128. The van der Waals surface area contributed by atoms with Crippen molar-refractivity contribution in [3.8, 4) is 44.5 Å². The van der Waals surface area contributed by atoms with E-state index < -0.39 is 0 Å². The number of hydrogen-bond donors (Lipinski definition) is 0. The molecule has 2 aliphatic carbocycles. The van der Waals surface area contributed by atoms with Crippen molar-refractivity contribution in [2.45, 2.75) is 26.4 Å². The number of rotatable bonds is 7. The van der Waals surface area contributed by atoms with E-state index >= 15 is 0 Å². The molecule has 0 aliphatic heterocycles. The second-order valence-electron chi connectivity index (χ2n) is 13.0. The van der Waals surface area contributed by atoms with Crippen molar-refractivity contribution in [1.29, 1.82) is 0 Å². The largest absolute Gasteiger partial charge is 0.460 e. The van der Waals surface area contributed by atoms with E-state index in [1.54, 1.807) is 0 Å². The molecule has 7 aromatic rings. The van der Waals surface area contributed by atoms with Gasteiger partial charge < -0.3 is 9.15 Å². The zero-order chi connectivity index (χ0) is 32.2. The lowest BCUT2D eigenvalue weighted by Gasteiger charge is -2.12. The summed E-state index contributed by atoms with van der Waals surface area (Å²) in [7, 11) is 0. The first-order valence-electron chi connectivity index (χ1n) is 17.0. The van der Waals surface area contributed by atoms with Crippen molar-refractivity contribution >= 4 is 38.6 Å². The van der Waals surface area contributed by atoms with Crippen molar-refractivity contribution in [1.82, 2.24) is 0 Å². The van der Waals surface area contributed by atoms with Gasteiger partial charge in [-0.3, -0.25) is 0 Å². The van der Waals surface area contributed by atoms with Crippen molar-refractivity contribution in [2.75, 3.05) is 6.61 Å². The van der Waals surface area contributed by atoms with Crippen LogP contribution in [0, 0.1) is 5.92 Å². The van der Waals surface area contributed by atoms with Gasteiger partial charge in [-0.1, -0.05) is 121 Å². The average molecular weight is 621 g/mol. The molecular weight excluding hydrogens is 585 g/mol. The molecule has 6 aromatic carbocycles. The molecule has 0 saturated carbocycles. The lowest BCUT2D eigenvalue weighted by atomic mass is 9.92. The SMILES string of the molecule is CCOC(C)/C=C\C=C/C1C=Cc2c(oc3ccc(-c4ccc(-c5ccc6c7c(cccc57)-c5cc7ccccc7cc5-6)cc4)cc23)C1. The first kappa shape index (κ1) is 28.8. The van der Waals surface area contributed by atoms with Gasteiger partial charge in [-0.25, -0.2) is 0 Å². The van der Waals surface area contributed by atoms with Crippen LogP contribution in [0.2, 0.25) is 0 Å². The van der Waals surface area contributed by atoms with Crippen molar-refractivity contribution < 1.29 is 9.15 Å². The number of fused-ring (bicyclic) bond motifs is 7. The van der Waals surface area contributed by atoms with Crippen molar-refractivity contribution in [3.63, 3.8) is 0 Å². The van der Waals surface area contributed by atoms with Crippen molar-refractivity contribution in [2.24, 2.45) is 5.92 Å². The van der Waals surface area contributed by atoms with Gasteiger partial charge in [0.25, 0.3) is 0 Å². The normalized spacial score (nSPS) is 15.7. The van der Waals surface area contributed by atoms with E-state index in [0.29, 0.717) is 5.92 Å². The van der Waals surface area contributed by atoms with Gasteiger partial charge in [0, 0.05) is 29.9 Å². The Morgan fingerprint density at radius 3 is 2.23 bits per heavy atom. The second kappa shape index (κ2) is 11.7. The van der Waals surface area contributed by atoms with Crippen LogP contribution in [-0.4, -0.2) is 12.7 Å². The van der Waals surface area contributed by atoms with Crippen LogP contribution in [0.4, 0.5) is 0 Å². The molecular formula is C46H36O2. The lowest BCUT2D eigenvalue weighted by Crippen LogP contribution is -2.03. The molecule has 2 unspecified atom stereocenters. The summed E-state index contributed by atoms with van der Waals surface area (Å²) in [6.45, 7) is 4.81. The van der Waals surface area contributed by atoms with Gasteiger partial charge in [-0.15, -0.1) is 0 Å². The number of allylic oxidation sites excluding steroid dienone is 4. The number of hydrogen-bond acceptors (Lipinski definition) is 2. The maximum atomic E-state index is 6.35. The number of ether oxygens (including phenoxy) is 1. The fourth-order valence-electron chi connectivity index (χ4n) is 7.70. The molecule has 1 aromatic heterocycles. The smallest absolute Gasteiger partial charge is 0.134 e. The van der Waals surface area contributed by atoms with Gasteiger partial charge in [-0.05, 0) is 104 Å². The molecule has 2 aliphatic rings. The minimum absolute atomic E-state index is 0.128. The molecule has 0 fully saturated rings. The van der Waals surface area contributed by atoms with E-state index in [0.717, 1.165) is 24.4 Å². The first-order chi connectivity index (χ1) is 23.6. The van der Waals surface area contributed by atoms with E-state index in [9.17, 15) is 0 Å². The Kier molecular flexibility index (Phi) is 6.99. The van der Waals surface area contributed by atoms with E-state index in [2.05, 4.69) is 153 Å². The summed E-state index contributed by atoms with van der Waals surface area (Å²) in [6.07, 6.45) is 14.0. The van der Waals surface area contributed by atoms with Crippen LogP contribution < -0.4 is 0 Å². The Hall–Kier alpha value is -5.44. The summed E-state index contributed by atoms with van der Waals surface area (Å²) in [5.74, 6) is 1.38. The monoisotopic (exact) mass is 620 g/mol. The Balaban J connectivity index is 0.999. The summed E-state index contributed by atoms with van der Waals surface area (Å²) < 4.78 is 11.9. The predicted molar refractivity (Wildman–Crippen MR) is 202 cm³/mol. The molecule has 2 nitrogen and oxygen atoms in total. The standard InChI is InChI=1S/C46H36O2/c1-3-47-29(2)9-4-5-10-30-15-21-37-43-28-35(20-24-44(43)48-45(37)25-30)31-16-18-32(19-17-31)36-22-23-40-42-27-34-12-7-6-11-33(34)26-41(42)39-14-8-13-38(36)46(39)40/h4-24,26-30H,3,25H2,1-2H3/b9-4-,10-5-. The van der Waals surface area contributed by atoms with Gasteiger partial charge in [0.1, 0.15) is 11.3 Å². The summed E-state index contributed by atoms with van der Waals surface area (Å²) in [4.78, 5) is 0. The van der Waals surface area contributed by atoms with Crippen LogP contribution in [0.25, 0.3) is 83.1 Å². The van der Waals surface area contributed by atoms with Gasteiger partial charge in [0.2, 0.25) is 0 Å². The molecule has 0 bridgehead atoms. The third-order valence-corrected chi connectivity index (χ3v) is 10.1. The van der Waals surface area contributed by atoms with Gasteiger partial charge in [-0.2, -0.15) is 0 Å². The van der Waals surface area contributed by atoms with Crippen LogP contribution in [0.15, 0.2) is 144 Å². The summed E-state index contributed by atoms with van der Waals surface area (Å²) in [5.41, 5.74) is 12.4. The lowest BCUT2D eigenvalue weighted by molar-refractivity contribution is 0.109. The Labute approximate surface area is 281 Å². The summed E-state index contributed by atoms with van der Waals surface area (Å²) in [6, 6.07) is 40.4. The first-order valence-corrected chi connectivity index (χ1v) is 17.0. The zero-order valence-electron chi connectivity index (χ0n) is 27.2. The van der Waals surface area contributed by atoms with Gasteiger partial charge in [0.15, 0.2) is 0 Å². The van der Waals surface area contributed by atoms with Gasteiger partial charge >= 0.3 is 0 Å². The van der Waals surface area contributed by atoms with Crippen LogP contribution in [-0.2, 0) is 11.2 Å². The summed E-state index contributed by atoms with van der Waals surface area (Å²) >= 11 is 0. The van der Waals surface area contributed by atoms with Crippen LogP contribution >= 0.6 is 0 Å². The van der Waals surface area contributed by atoms with Crippen LogP contribution in [0.1, 0.15) is 25.2 Å². The van der Waals surface area contributed by atoms with Crippen molar-refractivity contribution in [3.05, 3.63) is 151 Å². The number of benzene rings is 6. The molecule has 0 amide bonds. The molecule has 0 N–H and O–H groups in total. The predicted octanol–water partition coefficient (Wildman–Crippen LogP) is 12.4. The maximum Gasteiger partial charge on any atom is 0.134 e. The molecule has 9 rings (SSSR count). The highest BCUT2D eigenvalue weighted by atomic mass is 16.5. The zero-order valence-corrected chi connectivity index (χ0v) is 27.2. The number of furan rings is 1.